The molecule has 0 aliphatic heterocycles. The number of fused-ring (bicyclic) bond motifs is 1. The molecule has 0 fully saturated rings. The molecule has 158 valence electrons. The summed E-state index contributed by atoms with van der Waals surface area (Å²) in [6.45, 7) is 1.83. The van der Waals surface area contributed by atoms with Crippen molar-refractivity contribution in [2.24, 2.45) is 14.1 Å². The Balaban J connectivity index is 1.79. The fourth-order valence-electron chi connectivity index (χ4n) is 3.24. The lowest BCUT2D eigenvalue weighted by atomic mass is 10.1. The number of aromatic nitrogens is 2. The SMILES string of the molecule is C[C@H](NC(=O)CCS(=O)(=O)c1ccc2c(c1)n(C)c(=O)c(=O)n2C)c1ccccc1. The van der Waals surface area contributed by atoms with E-state index in [2.05, 4.69) is 5.32 Å². The minimum Gasteiger partial charge on any atom is -0.350 e. The average Bonchev–Trinajstić information content (AvgIpc) is 2.75. The maximum atomic E-state index is 12.7. The molecule has 0 aliphatic rings. The van der Waals surface area contributed by atoms with Crippen molar-refractivity contribution in [2.75, 3.05) is 5.75 Å². The molecule has 8 nitrogen and oxygen atoms in total. The molecule has 1 amide bonds. The zero-order valence-electron chi connectivity index (χ0n) is 17.0. The molecule has 1 N–H and O–H groups in total. The number of aryl methyl sites for hydroxylation is 2. The van der Waals surface area contributed by atoms with Gasteiger partial charge in [-0.05, 0) is 30.7 Å². The Kier molecular flexibility index (Phi) is 5.93. The molecule has 3 rings (SSSR count). The molecule has 1 heterocycles. The molecule has 9 heteroatoms. The molecule has 0 radical (unpaired) electrons. The van der Waals surface area contributed by atoms with Gasteiger partial charge in [0.25, 0.3) is 0 Å². The number of benzene rings is 2. The van der Waals surface area contributed by atoms with E-state index in [4.69, 9.17) is 0 Å². The fourth-order valence-corrected chi connectivity index (χ4v) is 4.49. The average molecular weight is 429 g/mol. The number of hydrogen-bond donors (Lipinski definition) is 1. The highest BCUT2D eigenvalue weighted by molar-refractivity contribution is 7.91. The number of nitrogens with zero attached hydrogens (tertiary/aromatic N) is 2. The summed E-state index contributed by atoms with van der Waals surface area (Å²) in [5.74, 6) is -0.739. The summed E-state index contributed by atoms with van der Waals surface area (Å²) >= 11 is 0. The lowest BCUT2D eigenvalue weighted by Gasteiger charge is -2.14. The standard InChI is InChI=1S/C21H23N3O5S/c1-14(15-7-5-4-6-8-15)22-19(25)11-12-30(28,29)16-9-10-17-18(13-16)24(3)21(27)20(26)23(17)2/h4-10,13-14H,11-12H2,1-3H3,(H,22,25)/t14-/m0/s1. The monoisotopic (exact) mass is 429 g/mol. The van der Waals surface area contributed by atoms with Crippen molar-refractivity contribution in [3.8, 4) is 0 Å². The van der Waals surface area contributed by atoms with Crippen LogP contribution in [0.15, 0.2) is 63.0 Å². The van der Waals surface area contributed by atoms with Crippen molar-refractivity contribution < 1.29 is 13.2 Å². The van der Waals surface area contributed by atoms with Gasteiger partial charge in [0.05, 0.1) is 27.7 Å². The highest BCUT2D eigenvalue weighted by Gasteiger charge is 2.19. The quantitative estimate of drug-likeness (QED) is 0.594. The van der Waals surface area contributed by atoms with Crippen LogP contribution >= 0.6 is 0 Å². The van der Waals surface area contributed by atoms with E-state index >= 15 is 0 Å². The minimum absolute atomic E-state index is 0.00689. The van der Waals surface area contributed by atoms with Gasteiger partial charge in [0.15, 0.2) is 9.84 Å². The molecule has 0 saturated heterocycles. The summed E-state index contributed by atoms with van der Waals surface area (Å²) in [6.07, 6.45) is -0.191. The molecule has 1 atom stereocenters. The van der Waals surface area contributed by atoms with Crippen molar-refractivity contribution in [1.29, 1.82) is 0 Å². The first-order valence-corrected chi connectivity index (χ1v) is 11.0. The molecule has 3 aromatic rings. The Hall–Kier alpha value is -3.20. The molecule has 30 heavy (non-hydrogen) atoms. The summed E-state index contributed by atoms with van der Waals surface area (Å²) in [7, 11) is -0.889. The molecule has 0 spiro atoms. The highest BCUT2D eigenvalue weighted by atomic mass is 32.2. The van der Waals surface area contributed by atoms with Crippen LogP contribution in [0.3, 0.4) is 0 Å². The zero-order chi connectivity index (χ0) is 22.1. The molecular formula is C21H23N3O5S. The molecule has 0 bridgehead atoms. The smallest absolute Gasteiger partial charge is 0.316 e. The van der Waals surface area contributed by atoms with Crippen molar-refractivity contribution in [2.45, 2.75) is 24.3 Å². The Bertz CT molecular complexity index is 1320. The van der Waals surface area contributed by atoms with Gasteiger partial charge in [-0.25, -0.2) is 8.42 Å². The second kappa shape index (κ2) is 8.27. The topological polar surface area (TPSA) is 107 Å². The summed E-state index contributed by atoms with van der Waals surface area (Å²) in [5.41, 5.74) is 0.259. The minimum atomic E-state index is -3.76. The van der Waals surface area contributed by atoms with Crippen LogP contribution in [0.4, 0.5) is 0 Å². The fraction of sp³-hybridized carbons (Fsp3) is 0.286. The van der Waals surface area contributed by atoms with Crippen LogP contribution in [-0.4, -0.2) is 29.2 Å². The van der Waals surface area contributed by atoms with Crippen LogP contribution < -0.4 is 16.4 Å². The number of hydrogen-bond acceptors (Lipinski definition) is 5. The first-order chi connectivity index (χ1) is 14.1. The molecule has 2 aromatic carbocycles. The van der Waals surface area contributed by atoms with Crippen LogP contribution in [0.25, 0.3) is 11.0 Å². The van der Waals surface area contributed by atoms with Gasteiger partial charge >= 0.3 is 11.1 Å². The Morgan fingerprint density at radius 3 is 2.20 bits per heavy atom. The van der Waals surface area contributed by atoms with Crippen molar-refractivity contribution in [3.63, 3.8) is 0 Å². The second-order valence-corrected chi connectivity index (χ2v) is 9.26. The van der Waals surface area contributed by atoms with E-state index in [9.17, 15) is 22.8 Å². The summed E-state index contributed by atoms with van der Waals surface area (Å²) in [5, 5.41) is 2.79. The van der Waals surface area contributed by atoms with Gasteiger partial charge in [0.1, 0.15) is 0 Å². The Labute approximate surface area is 173 Å². The normalized spacial score (nSPS) is 12.6. The molecular weight excluding hydrogens is 406 g/mol. The Morgan fingerprint density at radius 1 is 0.967 bits per heavy atom. The maximum Gasteiger partial charge on any atom is 0.316 e. The van der Waals surface area contributed by atoms with E-state index in [-0.39, 0.29) is 29.0 Å². The van der Waals surface area contributed by atoms with E-state index in [0.717, 1.165) is 10.1 Å². The van der Waals surface area contributed by atoms with Crippen LogP contribution in [0.2, 0.25) is 0 Å². The highest BCUT2D eigenvalue weighted by Crippen LogP contribution is 2.19. The number of nitrogens with one attached hydrogen (secondary N) is 1. The van der Waals surface area contributed by atoms with Gasteiger partial charge in [-0.3, -0.25) is 14.4 Å². The summed E-state index contributed by atoms with van der Waals surface area (Å²) in [4.78, 5) is 36.2. The van der Waals surface area contributed by atoms with Crippen molar-refractivity contribution in [1.82, 2.24) is 14.5 Å². The third-order valence-corrected chi connectivity index (χ3v) is 6.81. The van der Waals surface area contributed by atoms with Gasteiger partial charge in [-0.1, -0.05) is 30.3 Å². The summed E-state index contributed by atoms with van der Waals surface area (Å²) in [6, 6.07) is 13.4. The lowest BCUT2D eigenvalue weighted by molar-refractivity contribution is -0.121. The van der Waals surface area contributed by atoms with E-state index in [1.165, 1.54) is 36.9 Å². The first kappa shape index (κ1) is 21.5. The van der Waals surface area contributed by atoms with Gasteiger partial charge in [-0.15, -0.1) is 0 Å². The van der Waals surface area contributed by atoms with Crippen LogP contribution in [0, 0.1) is 0 Å². The van der Waals surface area contributed by atoms with Gasteiger partial charge < -0.3 is 14.5 Å². The van der Waals surface area contributed by atoms with E-state index < -0.39 is 21.0 Å². The molecule has 0 saturated carbocycles. The van der Waals surface area contributed by atoms with E-state index in [1.54, 1.807) is 0 Å². The van der Waals surface area contributed by atoms with Crippen LogP contribution in [0.5, 0.6) is 0 Å². The molecule has 1 aromatic heterocycles. The zero-order valence-corrected chi connectivity index (χ0v) is 17.8. The third kappa shape index (κ3) is 4.20. The van der Waals surface area contributed by atoms with E-state index in [0.29, 0.717) is 11.0 Å². The summed E-state index contributed by atoms with van der Waals surface area (Å²) < 4.78 is 27.8. The predicted octanol–water partition coefficient (Wildman–Crippen LogP) is 1.28. The van der Waals surface area contributed by atoms with Crippen LogP contribution in [0.1, 0.15) is 24.9 Å². The second-order valence-electron chi connectivity index (χ2n) is 7.15. The third-order valence-electron chi connectivity index (χ3n) is 5.10. The predicted molar refractivity (Wildman–Crippen MR) is 114 cm³/mol. The number of sulfone groups is 1. The van der Waals surface area contributed by atoms with E-state index in [1.807, 2.05) is 37.3 Å². The van der Waals surface area contributed by atoms with Gasteiger partial charge in [0, 0.05) is 20.5 Å². The molecule has 0 aliphatic carbocycles. The number of rotatable bonds is 6. The number of carbonyl (C=O) groups excluding carboxylic acids is 1. The maximum absolute atomic E-state index is 12.7. The van der Waals surface area contributed by atoms with Crippen molar-refractivity contribution >= 4 is 26.8 Å². The lowest BCUT2D eigenvalue weighted by Crippen LogP contribution is -2.39. The Morgan fingerprint density at radius 2 is 1.57 bits per heavy atom. The largest absolute Gasteiger partial charge is 0.350 e. The van der Waals surface area contributed by atoms with Gasteiger partial charge in [-0.2, -0.15) is 0 Å². The first-order valence-electron chi connectivity index (χ1n) is 9.38. The molecule has 0 unspecified atom stereocenters. The van der Waals surface area contributed by atoms with Gasteiger partial charge in [0.2, 0.25) is 5.91 Å². The van der Waals surface area contributed by atoms with Crippen molar-refractivity contribution in [3.05, 3.63) is 74.8 Å². The number of amides is 1. The van der Waals surface area contributed by atoms with Crippen LogP contribution in [-0.2, 0) is 28.7 Å². The number of carbonyl (C=O) groups is 1.